The molecule has 0 aliphatic carbocycles. The molecule has 31 heavy (non-hydrogen) atoms. The number of ether oxygens (including phenoxy) is 1. The zero-order valence-corrected chi connectivity index (χ0v) is 17.2. The highest BCUT2D eigenvalue weighted by atomic mass is 16.6. The van der Waals surface area contributed by atoms with Gasteiger partial charge >= 0.3 is 0 Å². The van der Waals surface area contributed by atoms with Gasteiger partial charge in [0.25, 0.3) is 0 Å². The van der Waals surface area contributed by atoms with Crippen molar-refractivity contribution in [2.75, 3.05) is 6.61 Å². The van der Waals surface area contributed by atoms with Gasteiger partial charge in [-0.05, 0) is 22.3 Å². The molecular formula is C29H24O2. The first-order valence-corrected chi connectivity index (χ1v) is 10.6. The minimum Gasteiger partial charge on any atom is -0.509 e. The van der Waals surface area contributed by atoms with Gasteiger partial charge in [-0.1, -0.05) is 121 Å². The Kier molecular flexibility index (Phi) is 5.15. The smallest absolute Gasteiger partial charge is 0.138 e. The maximum absolute atomic E-state index is 11.6. The lowest BCUT2D eigenvalue weighted by atomic mass is 9.62. The minimum absolute atomic E-state index is 0.272. The summed E-state index contributed by atoms with van der Waals surface area (Å²) in [6.07, 6.45) is -0.272. The number of benzene rings is 4. The van der Waals surface area contributed by atoms with Crippen LogP contribution in [0.3, 0.4) is 0 Å². The van der Waals surface area contributed by atoms with Gasteiger partial charge in [0.1, 0.15) is 11.9 Å². The molecule has 2 nitrogen and oxygen atoms in total. The van der Waals surface area contributed by atoms with E-state index in [0.717, 1.165) is 27.8 Å². The van der Waals surface area contributed by atoms with Gasteiger partial charge in [0.2, 0.25) is 0 Å². The molecule has 152 valence electrons. The maximum Gasteiger partial charge on any atom is 0.138 e. The molecule has 1 aliphatic rings. The lowest BCUT2D eigenvalue weighted by Gasteiger charge is -2.39. The van der Waals surface area contributed by atoms with Crippen molar-refractivity contribution in [3.8, 4) is 0 Å². The molecular weight excluding hydrogens is 380 g/mol. The van der Waals surface area contributed by atoms with Crippen LogP contribution in [0.4, 0.5) is 0 Å². The van der Waals surface area contributed by atoms with E-state index in [4.69, 9.17) is 4.74 Å². The van der Waals surface area contributed by atoms with Crippen molar-refractivity contribution in [2.24, 2.45) is 0 Å². The van der Waals surface area contributed by atoms with E-state index in [1.54, 1.807) is 0 Å². The third kappa shape index (κ3) is 3.45. The van der Waals surface area contributed by atoms with Crippen molar-refractivity contribution in [1.29, 1.82) is 0 Å². The number of aliphatic hydroxyl groups is 1. The summed E-state index contributed by atoms with van der Waals surface area (Å²) in [7, 11) is 0. The molecule has 1 aliphatic heterocycles. The molecule has 0 radical (unpaired) electrons. The molecule has 0 bridgehead atoms. The number of hydrogen-bond acceptors (Lipinski definition) is 2. The van der Waals surface area contributed by atoms with E-state index in [1.807, 2.05) is 36.4 Å². The van der Waals surface area contributed by atoms with Gasteiger partial charge in [0, 0.05) is 5.57 Å². The molecule has 2 heteroatoms. The molecule has 0 aromatic heterocycles. The van der Waals surface area contributed by atoms with Crippen LogP contribution in [0.25, 0.3) is 5.57 Å². The fraction of sp³-hybridized carbons (Fsp3) is 0.103. The van der Waals surface area contributed by atoms with Crippen LogP contribution in [0, 0.1) is 0 Å². The Balaban J connectivity index is 1.95. The summed E-state index contributed by atoms with van der Waals surface area (Å²) in [4.78, 5) is 0. The highest BCUT2D eigenvalue weighted by Gasteiger charge is 2.45. The topological polar surface area (TPSA) is 32.8 Å². The predicted octanol–water partition coefficient (Wildman–Crippen LogP) is 6.39. The zero-order valence-electron chi connectivity index (χ0n) is 17.2. The van der Waals surface area contributed by atoms with Gasteiger partial charge in [-0.25, -0.2) is 0 Å². The van der Waals surface area contributed by atoms with E-state index in [1.165, 1.54) is 0 Å². The Bertz CT molecular complexity index is 1070. The van der Waals surface area contributed by atoms with Crippen LogP contribution in [-0.2, 0) is 10.2 Å². The molecule has 0 unspecified atom stereocenters. The van der Waals surface area contributed by atoms with E-state index in [-0.39, 0.29) is 6.10 Å². The summed E-state index contributed by atoms with van der Waals surface area (Å²) in [5.74, 6) is 0.294. The normalized spacial score (nSPS) is 16.5. The first-order chi connectivity index (χ1) is 15.3. The summed E-state index contributed by atoms with van der Waals surface area (Å²) in [6.45, 7) is 0.538. The summed E-state index contributed by atoms with van der Waals surface area (Å²) in [6, 6.07) is 41.5. The van der Waals surface area contributed by atoms with Crippen LogP contribution >= 0.6 is 0 Å². The highest BCUT2D eigenvalue weighted by molar-refractivity contribution is 5.85. The maximum atomic E-state index is 11.6. The van der Waals surface area contributed by atoms with E-state index in [0.29, 0.717) is 12.4 Å². The highest BCUT2D eigenvalue weighted by Crippen LogP contribution is 2.51. The standard InChI is InChI=1S/C29H24O2/c30-28(26-21-31-26)27(22-13-5-1-6-14-22)29(23-15-7-2-8-16-23,24-17-9-3-10-18-24)25-19-11-4-12-20-25/h1-20,26,30H,21H2/t26-/m0/s1. The third-order valence-corrected chi connectivity index (χ3v) is 5.95. The Labute approximate surface area is 183 Å². The van der Waals surface area contributed by atoms with Gasteiger partial charge in [0.15, 0.2) is 0 Å². The number of rotatable bonds is 6. The van der Waals surface area contributed by atoms with E-state index >= 15 is 0 Å². The Morgan fingerprint density at radius 3 is 1.32 bits per heavy atom. The summed E-state index contributed by atoms with van der Waals surface area (Å²) >= 11 is 0. The third-order valence-electron chi connectivity index (χ3n) is 5.95. The van der Waals surface area contributed by atoms with Crippen molar-refractivity contribution in [2.45, 2.75) is 11.5 Å². The Morgan fingerprint density at radius 1 is 0.613 bits per heavy atom. The summed E-state index contributed by atoms with van der Waals surface area (Å²) in [5, 5.41) is 11.6. The largest absolute Gasteiger partial charge is 0.509 e. The second-order valence-electron chi connectivity index (χ2n) is 7.80. The van der Waals surface area contributed by atoms with Gasteiger partial charge < -0.3 is 9.84 Å². The van der Waals surface area contributed by atoms with Gasteiger partial charge in [0.05, 0.1) is 12.0 Å². The molecule has 4 aromatic rings. The van der Waals surface area contributed by atoms with Crippen LogP contribution in [0.5, 0.6) is 0 Å². The molecule has 5 rings (SSSR count). The Morgan fingerprint density at radius 2 is 0.968 bits per heavy atom. The molecule has 0 amide bonds. The fourth-order valence-corrected chi connectivity index (χ4v) is 4.53. The van der Waals surface area contributed by atoms with Crippen LogP contribution in [0.15, 0.2) is 127 Å². The molecule has 4 aromatic carbocycles. The van der Waals surface area contributed by atoms with Crippen LogP contribution in [-0.4, -0.2) is 17.8 Å². The molecule has 1 saturated heterocycles. The number of epoxide rings is 1. The summed E-state index contributed by atoms with van der Waals surface area (Å²) in [5.41, 5.74) is 4.42. The van der Waals surface area contributed by atoms with Crippen molar-refractivity contribution >= 4 is 5.57 Å². The zero-order chi connectivity index (χ0) is 21.1. The monoisotopic (exact) mass is 404 g/mol. The second-order valence-corrected chi connectivity index (χ2v) is 7.80. The van der Waals surface area contributed by atoms with Gasteiger partial charge in [-0.3, -0.25) is 0 Å². The molecule has 1 N–H and O–H groups in total. The van der Waals surface area contributed by atoms with Gasteiger partial charge in [-0.15, -0.1) is 0 Å². The average molecular weight is 405 g/mol. The van der Waals surface area contributed by atoms with E-state index in [9.17, 15) is 5.11 Å². The first-order valence-electron chi connectivity index (χ1n) is 10.6. The van der Waals surface area contributed by atoms with Crippen molar-refractivity contribution in [3.63, 3.8) is 0 Å². The van der Waals surface area contributed by atoms with E-state index in [2.05, 4.69) is 84.9 Å². The lowest BCUT2D eigenvalue weighted by Crippen LogP contribution is -2.32. The van der Waals surface area contributed by atoms with Gasteiger partial charge in [-0.2, -0.15) is 0 Å². The molecule has 0 saturated carbocycles. The van der Waals surface area contributed by atoms with Crippen molar-refractivity contribution in [1.82, 2.24) is 0 Å². The first kappa shape index (κ1) is 19.3. The van der Waals surface area contributed by atoms with Crippen LogP contribution in [0.1, 0.15) is 22.3 Å². The Hall–Kier alpha value is -3.62. The SMILES string of the molecule is OC(=C(c1ccccc1)C(c1ccccc1)(c1ccccc1)c1ccccc1)[C@@H]1CO1. The van der Waals surface area contributed by atoms with Crippen molar-refractivity contribution in [3.05, 3.63) is 149 Å². The molecule has 1 atom stereocenters. The molecule has 1 heterocycles. The van der Waals surface area contributed by atoms with Crippen LogP contribution < -0.4 is 0 Å². The molecule has 1 fully saturated rings. The lowest BCUT2D eigenvalue weighted by molar-refractivity contribution is 0.325. The number of hydrogen-bond donors (Lipinski definition) is 1. The molecule has 0 spiro atoms. The predicted molar refractivity (Wildman–Crippen MR) is 125 cm³/mol. The van der Waals surface area contributed by atoms with Crippen molar-refractivity contribution < 1.29 is 9.84 Å². The van der Waals surface area contributed by atoms with Crippen LogP contribution in [0.2, 0.25) is 0 Å². The average Bonchev–Trinajstić information content (AvgIpc) is 3.70. The summed E-state index contributed by atoms with van der Waals surface area (Å²) < 4.78 is 5.57. The second kappa shape index (κ2) is 8.25. The number of allylic oxidation sites excluding steroid dienone is 1. The van der Waals surface area contributed by atoms with E-state index < -0.39 is 5.41 Å². The quantitative estimate of drug-likeness (QED) is 0.229. The number of aliphatic hydroxyl groups excluding tert-OH is 1. The minimum atomic E-state index is -0.707. The fourth-order valence-electron chi connectivity index (χ4n) is 4.53.